The predicted molar refractivity (Wildman–Crippen MR) is 67.7 cm³/mol. The first kappa shape index (κ1) is 10.4. The Labute approximate surface area is 106 Å². The van der Waals surface area contributed by atoms with Crippen LogP contribution in [0.5, 0.6) is 0 Å². The minimum Gasteiger partial charge on any atom is -0.292 e. The van der Waals surface area contributed by atoms with Crippen LogP contribution in [0, 0.1) is 0 Å². The van der Waals surface area contributed by atoms with Crippen molar-refractivity contribution >= 4 is 40.1 Å². The fourth-order valence-electron chi connectivity index (χ4n) is 1.80. The van der Waals surface area contributed by atoms with Crippen molar-refractivity contribution in [3.63, 3.8) is 0 Å². The van der Waals surface area contributed by atoms with E-state index in [-0.39, 0.29) is 5.78 Å². The van der Waals surface area contributed by atoms with Crippen LogP contribution in [0.25, 0.3) is 9.88 Å². The molecule has 2 aromatic rings. The van der Waals surface area contributed by atoms with Crippen molar-refractivity contribution in [3.05, 3.63) is 27.0 Å². The number of rotatable bonds is 1. The number of aromatic nitrogens is 1. The number of hydrogen-bond acceptors (Lipinski definition) is 4. The van der Waals surface area contributed by atoms with Crippen LogP contribution in [-0.4, -0.2) is 10.8 Å². The first-order valence-electron chi connectivity index (χ1n) is 5.01. The molecule has 5 heteroatoms. The van der Waals surface area contributed by atoms with E-state index in [0.29, 0.717) is 12.1 Å². The minimum absolute atomic E-state index is 0.186. The van der Waals surface area contributed by atoms with Crippen molar-refractivity contribution in [2.75, 3.05) is 0 Å². The molecule has 0 saturated heterocycles. The van der Waals surface area contributed by atoms with Crippen molar-refractivity contribution in [1.82, 2.24) is 4.98 Å². The number of ketones is 1. The summed E-state index contributed by atoms with van der Waals surface area (Å²) in [5.74, 6) is 0.186. The van der Waals surface area contributed by atoms with Gasteiger partial charge in [-0.15, -0.1) is 22.7 Å². The molecule has 0 atom stereocenters. The van der Waals surface area contributed by atoms with E-state index in [1.54, 1.807) is 22.7 Å². The molecule has 0 aromatic carbocycles. The second kappa shape index (κ2) is 3.95. The average molecular weight is 270 g/mol. The molecule has 0 fully saturated rings. The van der Waals surface area contributed by atoms with Gasteiger partial charge >= 0.3 is 0 Å². The molecule has 0 N–H and O–H groups in total. The van der Waals surface area contributed by atoms with Crippen LogP contribution >= 0.6 is 34.3 Å². The third kappa shape index (κ3) is 1.71. The van der Waals surface area contributed by atoms with E-state index in [9.17, 15) is 4.79 Å². The molecule has 2 aromatic heterocycles. The largest absolute Gasteiger partial charge is 0.292 e. The van der Waals surface area contributed by atoms with Gasteiger partial charge in [0.1, 0.15) is 10.7 Å². The fourth-order valence-corrected chi connectivity index (χ4v) is 4.06. The monoisotopic (exact) mass is 269 g/mol. The predicted octanol–water partition coefficient (Wildman–Crippen LogP) is 4.04. The Bertz CT molecular complexity index is 558. The maximum absolute atomic E-state index is 11.7. The summed E-state index contributed by atoms with van der Waals surface area (Å²) in [6.45, 7) is 0. The number of thiazole rings is 1. The number of carbonyl (C=O) groups excluding carboxylic acids is 1. The highest BCUT2D eigenvalue weighted by Crippen LogP contribution is 2.36. The summed E-state index contributed by atoms with van der Waals surface area (Å²) in [5, 5.41) is 3.55. The zero-order valence-corrected chi connectivity index (χ0v) is 10.7. The summed E-state index contributed by atoms with van der Waals surface area (Å²) < 4.78 is 0. The van der Waals surface area contributed by atoms with E-state index in [1.807, 2.05) is 11.4 Å². The lowest BCUT2D eigenvalue weighted by Gasteiger charge is -2.06. The second-order valence-electron chi connectivity index (χ2n) is 3.70. The van der Waals surface area contributed by atoms with E-state index in [1.165, 1.54) is 0 Å². The molecule has 0 amide bonds. The Hall–Kier alpha value is -0.710. The molecule has 0 aliphatic heterocycles. The van der Waals surface area contributed by atoms with Gasteiger partial charge in [0.25, 0.3) is 0 Å². The smallest absolute Gasteiger partial charge is 0.182 e. The highest BCUT2D eigenvalue weighted by molar-refractivity contribution is 7.21. The van der Waals surface area contributed by atoms with Gasteiger partial charge < -0.3 is 0 Å². The zero-order chi connectivity index (χ0) is 11.1. The quantitative estimate of drug-likeness (QED) is 0.782. The van der Waals surface area contributed by atoms with Gasteiger partial charge in [-0.05, 0) is 18.9 Å². The molecule has 1 aliphatic rings. The first-order valence-corrected chi connectivity index (χ1v) is 7.09. The molecule has 0 saturated carbocycles. The molecule has 0 unspecified atom stereocenters. The Morgan fingerprint density at radius 2 is 2.25 bits per heavy atom. The summed E-state index contributed by atoms with van der Waals surface area (Å²) in [6.07, 6.45) is 2.58. The normalized spacial score (nSPS) is 15.2. The van der Waals surface area contributed by atoms with E-state index in [0.717, 1.165) is 32.6 Å². The van der Waals surface area contributed by atoms with Crippen LogP contribution in [0.3, 0.4) is 0 Å². The Morgan fingerprint density at radius 3 is 2.94 bits per heavy atom. The summed E-state index contributed by atoms with van der Waals surface area (Å²) >= 11 is 9.08. The highest BCUT2D eigenvalue weighted by atomic mass is 35.5. The maximum Gasteiger partial charge on any atom is 0.182 e. The summed E-state index contributed by atoms with van der Waals surface area (Å²) in [5.41, 5.74) is 0.691. The van der Waals surface area contributed by atoms with Gasteiger partial charge in [-0.25, -0.2) is 4.98 Å². The van der Waals surface area contributed by atoms with E-state index >= 15 is 0 Å². The fraction of sp³-hybridized carbons (Fsp3) is 0.273. The van der Waals surface area contributed by atoms with Gasteiger partial charge in [-0.3, -0.25) is 4.79 Å². The van der Waals surface area contributed by atoms with Crippen LogP contribution in [0.15, 0.2) is 11.4 Å². The molecule has 1 aliphatic carbocycles. The number of nitrogens with zero attached hydrogens (tertiary/aromatic N) is 1. The Morgan fingerprint density at radius 1 is 1.38 bits per heavy atom. The van der Waals surface area contributed by atoms with Crippen molar-refractivity contribution in [2.45, 2.75) is 19.3 Å². The number of Topliss-reactive ketones (excluding diaryl/α,β-unsaturated/α-hetero) is 1. The number of halogens is 1. The van der Waals surface area contributed by atoms with Crippen molar-refractivity contribution in [3.8, 4) is 9.88 Å². The van der Waals surface area contributed by atoms with Crippen LogP contribution in [-0.2, 0) is 6.42 Å². The molecular formula is C11H8ClNOS2. The van der Waals surface area contributed by atoms with Crippen LogP contribution < -0.4 is 0 Å². The molecule has 0 radical (unpaired) electrons. The van der Waals surface area contributed by atoms with E-state index in [4.69, 9.17) is 11.6 Å². The van der Waals surface area contributed by atoms with Crippen LogP contribution in [0.4, 0.5) is 0 Å². The summed E-state index contributed by atoms with van der Waals surface area (Å²) in [7, 11) is 0. The van der Waals surface area contributed by atoms with Gasteiger partial charge in [0.05, 0.1) is 9.90 Å². The van der Waals surface area contributed by atoms with Crippen LogP contribution in [0.1, 0.15) is 28.2 Å². The SMILES string of the molecule is O=C1CCCc2sc(-c3cc(Cl)cs3)nc21. The first-order chi connectivity index (χ1) is 7.74. The minimum atomic E-state index is 0.186. The standard InChI is InChI=1S/C11H8ClNOS2/c12-6-4-9(15-5-6)11-13-10-7(14)2-1-3-8(10)16-11/h4-5H,1-3H2. The van der Waals surface area contributed by atoms with Gasteiger partial charge in [-0.1, -0.05) is 11.6 Å². The summed E-state index contributed by atoms with van der Waals surface area (Å²) in [6, 6.07) is 1.90. The lowest BCUT2D eigenvalue weighted by atomic mass is 10.0. The number of hydrogen-bond donors (Lipinski definition) is 0. The lowest BCUT2D eigenvalue weighted by Crippen LogP contribution is -2.08. The Kier molecular flexibility index (Phi) is 2.58. The van der Waals surface area contributed by atoms with Crippen molar-refractivity contribution in [1.29, 1.82) is 0 Å². The van der Waals surface area contributed by atoms with E-state index < -0.39 is 0 Å². The van der Waals surface area contributed by atoms with Crippen LogP contribution in [0.2, 0.25) is 5.02 Å². The Balaban J connectivity index is 2.07. The third-order valence-corrected chi connectivity index (χ3v) is 5.11. The second-order valence-corrected chi connectivity index (χ2v) is 6.13. The maximum atomic E-state index is 11.7. The molecular weight excluding hydrogens is 262 g/mol. The van der Waals surface area contributed by atoms with Crippen molar-refractivity contribution < 1.29 is 4.79 Å². The van der Waals surface area contributed by atoms with Gasteiger partial charge in [0.2, 0.25) is 0 Å². The molecule has 0 spiro atoms. The highest BCUT2D eigenvalue weighted by Gasteiger charge is 2.22. The number of thiophene rings is 1. The molecule has 2 heterocycles. The zero-order valence-electron chi connectivity index (χ0n) is 8.33. The van der Waals surface area contributed by atoms with Gasteiger partial charge in [0, 0.05) is 16.7 Å². The molecule has 3 rings (SSSR count). The number of carbonyl (C=O) groups is 1. The number of aryl methyl sites for hydroxylation is 1. The number of fused-ring (bicyclic) bond motifs is 1. The molecule has 2 nitrogen and oxygen atoms in total. The molecule has 16 heavy (non-hydrogen) atoms. The third-order valence-electron chi connectivity index (χ3n) is 2.55. The topological polar surface area (TPSA) is 30.0 Å². The summed E-state index contributed by atoms with van der Waals surface area (Å²) in [4.78, 5) is 18.3. The van der Waals surface area contributed by atoms with E-state index in [2.05, 4.69) is 4.98 Å². The lowest BCUT2D eigenvalue weighted by molar-refractivity contribution is 0.0968. The molecule has 0 bridgehead atoms. The average Bonchev–Trinajstić information content (AvgIpc) is 2.84. The molecule has 82 valence electrons. The van der Waals surface area contributed by atoms with Crippen molar-refractivity contribution in [2.24, 2.45) is 0 Å². The van der Waals surface area contributed by atoms with Gasteiger partial charge in [-0.2, -0.15) is 0 Å². The van der Waals surface area contributed by atoms with Gasteiger partial charge in [0.15, 0.2) is 5.78 Å².